The van der Waals surface area contributed by atoms with Gasteiger partial charge in [-0.2, -0.15) is 12.7 Å². The molecule has 6 aromatic carbocycles. The average Bonchev–Trinajstić information content (AvgIpc) is 3.89. The third-order valence-corrected chi connectivity index (χ3v) is 13.7. The van der Waals surface area contributed by atoms with Gasteiger partial charge in [0.25, 0.3) is 0 Å². The van der Waals surface area contributed by atoms with Crippen molar-refractivity contribution in [3.8, 4) is 22.3 Å². The van der Waals surface area contributed by atoms with Crippen molar-refractivity contribution < 1.29 is 55.5 Å². The molecule has 6 aromatic rings. The molecule has 1 amide bonds. The lowest BCUT2D eigenvalue weighted by atomic mass is 9.98. The van der Waals surface area contributed by atoms with Crippen LogP contribution in [0.4, 0.5) is 4.79 Å². The molecule has 3 aliphatic rings. The fourth-order valence-corrected chi connectivity index (χ4v) is 9.92. The summed E-state index contributed by atoms with van der Waals surface area (Å²) in [6.07, 6.45) is 0.232. The fraction of sp³-hybridized carbons (Fsp3) is 0.286. The van der Waals surface area contributed by atoms with Gasteiger partial charge < -0.3 is 23.7 Å². The SMILES string of the molecule is CCCOC[C@H](CCC(=O)OCC1c2ccccc2-c2ccccc21)C(=O)OCc1ccccc1.O=C(OCc1ccccc1)[C@@H]1COS(=O)(=O)N(C(=O)OCC2c3ccccc3-c3ccccc32)C1. The van der Waals surface area contributed by atoms with Crippen molar-refractivity contribution in [2.24, 2.45) is 11.8 Å². The molecule has 1 saturated heterocycles. The van der Waals surface area contributed by atoms with E-state index in [1.54, 1.807) is 12.1 Å². The molecule has 1 aliphatic heterocycles. The standard InChI is InChI=1S/C30H32O5.C26H23NO7S/c1-2-18-33-20-23(30(32)35-19-22-10-4-3-5-11-22)16-17-29(31)34-21-28-26-14-8-6-12-24(26)25-13-7-9-15-27(25)28;28-25(32-15-18-8-2-1-3-9-18)19-14-27(35(30,31)34-16-19)26(29)33-17-24-22-12-6-4-10-20(22)21-11-5-7-13-23(21)24/h3-15,23,28H,2,16-21H2,1H3;1-13,19,24H,14-17H2/t23-;19-/m00/s1. The van der Waals surface area contributed by atoms with Crippen molar-refractivity contribution >= 4 is 34.3 Å². The van der Waals surface area contributed by atoms with Crippen LogP contribution in [0.5, 0.6) is 0 Å². The first kappa shape index (κ1) is 49.3. The Labute approximate surface area is 408 Å². The smallest absolute Gasteiger partial charge is 0.425 e. The molecule has 362 valence electrons. The number of benzene rings is 6. The van der Waals surface area contributed by atoms with E-state index in [2.05, 4.69) is 24.3 Å². The van der Waals surface area contributed by atoms with Crippen LogP contribution in [0.1, 0.15) is 71.4 Å². The maximum atomic E-state index is 12.8. The second kappa shape index (κ2) is 23.5. The van der Waals surface area contributed by atoms with E-state index in [0.29, 0.717) is 17.3 Å². The normalized spacial score (nSPS) is 15.7. The lowest BCUT2D eigenvalue weighted by Crippen LogP contribution is -2.49. The number of carbonyl (C=O) groups excluding carboxylic acids is 4. The van der Waals surface area contributed by atoms with E-state index >= 15 is 0 Å². The third kappa shape index (κ3) is 12.0. The van der Waals surface area contributed by atoms with E-state index < -0.39 is 47.4 Å². The summed E-state index contributed by atoms with van der Waals surface area (Å²) >= 11 is 0. The van der Waals surface area contributed by atoms with Crippen LogP contribution < -0.4 is 0 Å². The van der Waals surface area contributed by atoms with Gasteiger partial charge in [0.05, 0.1) is 25.7 Å². The Kier molecular flexibility index (Phi) is 16.5. The molecule has 14 heteroatoms. The fourth-order valence-electron chi connectivity index (χ4n) is 8.86. The first-order valence-corrected chi connectivity index (χ1v) is 24.8. The summed E-state index contributed by atoms with van der Waals surface area (Å²) in [5, 5.41) is 0. The van der Waals surface area contributed by atoms with Crippen LogP contribution in [0.2, 0.25) is 0 Å². The second-order valence-corrected chi connectivity index (χ2v) is 18.7. The van der Waals surface area contributed by atoms with E-state index in [1.165, 1.54) is 22.3 Å². The Morgan fingerprint density at radius 1 is 0.600 bits per heavy atom. The van der Waals surface area contributed by atoms with Gasteiger partial charge in [-0.1, -0.05) is 165 Å². The van der Waals surface area contributed by atoms with Gasteiger partial charge in [0.1, 0.15) is 32.3 Å². The van der Waals surface area contributed by atoms with Gasteiger partial charge >= 0.3 is 34.3 Å². The number of hydrogen-bond donors (Lipinski definition) is 0. The largest absolute Gasteiger partial charge is 0.465 e. The van der Waals surface area contributed by atoms with Crippen molar-refractivity contribution in [1.29, 1.82) is 0 Å². The molecule has 0 spiro atoms. The summed E-state index contributed by atoms with van der Waals surface area (Å²) < 4.78 is 57.7. The Balaban J connectivity index is 0.000000188. The molecule has 13 nitrogen and oxygen atoms in total. The topological polar surface area (TPSA) is 161 Å². The highest BCUT2D eigenvalue weighted by molar-refractivity contribution is 7.84. The highest BCUT2D eigenvalue weighted by atomic mass is 32.2. The molecule has 0 N–H and O–H groups in total. The van der Waals surface area contributed by atoms with Crippen LogP contribution in [0.3, 0.4) is 0 Å². The maximum Gasteiger partial charge on any atom is 0.425 e. The molecule has 0 saturated carbocycles. The van der Waals surface area contributed by atoms with E-state index in [4.69, 9.17) is 27.9 Å². The lowest BCUT2D eigenvalue weighted by Gasteiger charge is -2.30. The maximum absolute atomic E-state index is 12.8. The highest BCUT2D eigenvalue weighted by Gasteiger charge is 2.42. The van der Waals surface area contributed by atoms with E-state index in [-0.39, 0.29) is 63.2 Å². The molecule has 0 radical (unpaired) electrons. The molecule has 9 rings (SSSR count). The van der Waals surface area contributed by atoms with Crippen LogP contribution in [-0.2, 0) is 65.8 Å². The number of fused-ring (bicyclic) bond motifs is 6. The molecule has 0 aromatic heterocycles. The number of hydrogen-bond acceptors (Lipinski definition) is 12. The minimum absolute atomic E-state index is 0.0193. The van der Waals surface area contributed by atoms with E-state index in [1.807, 2.05) is 128 Å². The molecule has 0 unspecified atom stereocenters. The quantitative estimate of drug-likeness (QED) is 0.0484. The molecule has 2 atom stereocenters. The highest BCUT2D eigenvalue weighted by Crippen LogP contribution is 2.46. The molecule has 0 bridgehead atoms. The molecule has 1 fully saturated rings. The van der Waals surface area contributed by atoms with Crippen molar-refractivity contribution in [2.75, 3.05) is 39.6 Å². The van der Waals surface area contributed by atoms with E-state index in [0.717, 1.165) is 39.8 Å². The van der Waals surface area contributed by atoms with Crippen molar-refractivity contribution in [3.63, 3.8) is 0 Å². The predicted octanol–water partition coefficient (Wildman–Crippen LogP) is 9.78. The van der Waals surface area contributed by atoms with Crippen LogP contribution in [0.25, 0.3) is 22.3 Å². The number of nitrogens with zero attached hydrogens (tertiary/aromatic N) is 1. The minimum Gasteiger partial charge on any atom is -0.465 e. The first-order chi connectivity index (χ1) is 34.1. The number of rotatable bonds is 17. The van der Waals surface area contributed by atoms with Crippen LogP contribution in [-0.4, -0.2) is 76.3 Å². The van der Waals surface area contributed by atoms with Gasteiger partial charge in [-0.25, -0.2) is 4.79 Å². The Morgan fingerprint density at radius 2 is 1.06 bits per heavy atom. The molecular formula is C56H55NO12S. The molecular weight excluding hydrogens is 911 g/mol. The van der Waals surface area contributed by atoms with Crippen molar-refractivity contribution in [3.05, 3.63) is 191 Å². The zero-order valence-corrected chi connectivity index (χ0v) is 39.7. The predicted molar refractivity (Wildman–Crippen MR) is 261 cm³/mol. The first-order valence-electron chi connectivity index (χ1n) is 23.5. The Morgan fingerprint density at radius 3 is 1.56 bits per heavy atom. The second-order valence-electron chi connectivity index (χ2n) is 17.2. The zero-order chi connectivity index (χ0) is 48.9. The molecule has 2 aliphatic carbocycles. The van der Waals surface area contributed by atoms with Gasteiger partial charge in [0.15, 0.2) is 0 Å². The van der Waals surface area contributed by atoms with Crippen molar-refractivity contribution in [1.82, 2.24) is 4.31 Å². The minimum atomic E-state index is -4.37. The Hall–Kier alpha value is -7.13. The Bertz CT molecular complexity index is 2780. The van der Waals surface area contributed by atoms with Gasteiger partial charge in [-0.3, -0.25) is 18.6 Å². The summed E-state index contributed by atoms with van der Waals surface area (Å²) in [6, 6.07) is 50.8. The summed E-state index contributed by atoms with van der Waals surface area (Å²) in [4.78, 5) is 50.7. The zero-order valence-electron chi connectivity index (χ0n) is 38.9. The number of amides is 1. The summed E-state index contributed by atoms with van der Waals surface area (Å²) in [7, 11) is -4.37. The van der Waals surface area contributed by atoms with Gasteiger partial charge in [-0.15, -0.1) is 0 Å². The van der Waals surface area contributed by atoms with Crippen LogP contribution in [0.15, 0.2) is 158 Å². The van der Waals surface area contributed by atoms with E-state index in [9.17, 15) is 27.6 Å². The lowest BCUT2D eigenvalue weighted by molar-refractivity contribution is -0.154. The molecule has 70 heavy (non-hydrogen) atoms. The van der Waals surface area contributed by atoms with Gasteiger partial charge in [0.2, 0.25) is 0 Å². The van der Waals surface area contributed by atoms with Crippen molar-refractivity contribution in [2.45, 2.75) is 51.2 Å². The summed E-state index contributed by atoms with van der Waals surface area (Å²) in [6.45, 7) is 2.47. The monoisotopic (exact) mass is 965 g/mol. The van der Waals surface area contributed by atoms with Gasteiger partial charge in [-0.05, 0) is 68.5 Å². The average molecular weight is 966 g/mol. The summed E-state index contributed by atoms with van der Waals surface area (Å²) in [5.41, 5.74) is 10.6. The van der Waals surface area contributed by atoms with Crippen LogP contribution in [0, 0.1) is 11.8 Å². The number of carbonyl (C=O) groups is 4. The number of ether oxygens (including phenoxy) is 5. The molecule has 1 heterocycles. The third-order valence-electron chi connectivity index (χ3n) is 12.5. The number of esters is 3. The summed E-state index contributed by atoms with van der Waals surface area (Å²) in [5.74, 6) is -2.99. The van der Waals surface area contributed by atoms with Crippen LogP contribution >= 0.6 is 0 Å². The van der Waals surface area contributed by atoms with Gasteiger partial charge in [0, 0.05) is 24.9 Å².